The van der Waals surface area contributed by atoms with Crippen molar-refractivity contribution in [2.24, 2.45) is 0 Å². The van der Waals surface area contributed by atoms with Crippen LogP contribution in [0, 0.1) is 6.92 Å². The van der Waals surface area contributed by atoms with Crippen LogP contribution in [0.3, 0.4) is 0 Å². The molecule has 1 aromatic carbocycles. The van der Waals surface area contributed by atoms with Gasteiger partial charge in [-0.2, -0.15) is 11.8 Å². The number of thioether (sulfide) groups is 1. The number of nitrogens with one attached hydrogen (secondary N) is 2. The van der Waals surface area contributed by atoms with Crippen LogP contribution in [0.4, 0.5) is 0 Å². The molecule has 1 saturated heterocycles. The molecule has 0 radical (unpaired) electrons. The number of amides is 2. The lowest BCUT2D eigenvalue weighted by atomic mass is 10.1. The van der Waals surface area contributed by atoms with Crippen LogP contribution in [0.15, 0.2) is 24.3 Å². The minimum Gasteiger partial charge on any atom is -0.340 e. The number of rotatable bonds is 7. The third-order valence-electron chi connectivity index (χ3n) is 4.42. The van der Waals surface area contributed by atoms with Crippen LogP contribution in [0.25, 0.3) is 0 Å². The molecule has 2 amide bonds. The largest absolute Gasteiger partial charge is 0.340 e. The topological polar surface area (TPSA) is 61.4 Å². The van der Waals surface area contributed by atoms with Gasteiger partial charge in [-0.15, -0.1) is 0 Å². The number of hydrogen-bond donors (Lipinski definition) is 2. The number of carbonyl (C=O) groups is 2. The summed E-state index contributed by atoms with van der Waals surface area (Å²) in [7, 11) is 1.84. The van der Waals surface area contributed by atoms with E-state index >= 15 is 0 Å². The quantitative estimate of drug-likeness (QED) is 0.786. The highest BCUT2D eigenvalue weighted by Crippen LogP contribution is 2.12. The van der Waals surface area contributed by atoms with Crippen molar-refractivity contribution in [2.75, 3.05) is 32.1 Å². The number of carbonyl (C=O) groups excluding carboxylic acids is 2. The van der Waals surface area contributed by atoms with Gasteiger partial charge in [-0.1, -0.05) is 17.7 Å². The second kappa shape index (κ2) is 9.08. The zero-order valence-electron chi connectivity index (χ0n) is 14.7. The zero-order chi connectivity index (χ0) is 17.5. The number of benzene rings is 1. The van der Waals surface area contributed by atoms with E-state index in [0.29, 0.717) is 12.0 Å². The van der Waals surface area contributed by atoms with Crippen molar-refractivity contribution < 1.29 is 9.59 Å². The first-order valence-electron chi connectivity index (χ1n) is 8.36. The monoisotopic (exact) mass is 349 g/mol. The maximum absolute atomic E-state index is 12.8. The van der Waals surface area contributed by atoms with Gasteiger partial charge in [0.05, 0.1) is 0 Å². The van der Waals surface area contributed by atoms with Gasteiger partial charge in [0.2, 0.25) is 5.91 Å². The third kappa shape index (κ3) is 4.98. The molecule has 2 N–H and O–H groups in total. The predicted molar refractivity (Wildman–Crippen MR) is 99.5 cm³/mol. The Bertz CT molecular complexity index is 573. The van der Waals surface area contributed by atoms with Gasteiger partial charge >= 0.3 is 0 Å². The first-order chi connectivity index (χ1) is 11.5. The van der Waals surface area contributed by atoms with Gasteiger partial charge in [-0.3, -0.25) is 9.59 Å². The lowest BCUT2D eigenvalue weighted by molar-refractivity contribution is -0.133. The molecule has 0 aromatic heterocycles. The van der Waals surface area contributed by atoms with Gasteiger partial charge in [0, 0.05) is 25.2 Å². The zero-order valence-corrected chi connectivity index (χ0v) is 15.5. The van der Waals surface area contributed by atoms with E-state index in [-0.39, 0.29) is 17.9 Å². The van der Waals surface area contributed by atoms with Gasteiger partial charge in [-0.25, -0.2) is 0 Å². The van der Waals surface area contributed by atoms with E-state index in [2.05, 4.69) is 10.6 Å². The van der Waals surface area contributed by atoms with Gasteiger partial charge in [-0.05, 0) is 50.5 Å². The summed E-state index contributed by atoms with van der Waals surface area (Å²) in [6.45, 7) is 3.71. The molecule has 24 heavy (non-hydrogen) atoms. The highest BCUT2D eigenvalue weighted by Gasteiger charge is 2.29. The molecule has 2 unspecified atom stereocenters. The van der Waals surface area contributed by atoms with Gasteiger partial charge in [0.25, 0.3) is 5.91 Å². The van der Waals surface area contributed by atoms with Gasteiger partial charge < -0.3 is 15.5 Å². The summed E-state index contributed by atoms with van der Waals surface area (Å²) in [5.41, 5.74) is 1.63. The van der Waals surface area contributed by atoms with E-state index in [1.165, 1.54) is 0 Å². The predicted octanol–water partition coefficient (Wildman–Crippen LogP) is 1.67. The fraction of sp³-hybridized carbons (Fsp3) is 0.556. The van der Waals surface area contributed by atoms with Crippen LogP contribution >= 0.6 is 11.8 Å². The smallest absolute Gasteiger partial charge is 0.251 e. The Morgan fingerprint density at radius 2 is 2.25 bits per heavy atom. The van der Waals surface area contributed by atoms with Crippen molar-refractivity contribution in [2.45, 2.75) is 31.8 Å². The van der Waals surface area contributed by atoms with Crippen LogP contribution in [0.5, 0.6) is 0 Å². The fourth-order valence-corrected chi connectivity index (χ4v) is 3.39. The van der Waals surface area contributed by atoms with E-state index < -0.39 is 6.04 Å². The molecule has 1 heterocycles. The summed E-state index contributed by atoms with van der Waals surface area (Å²) in [6, 6.07) is 7.17. The number of likely N-dealkylation sites (N-methyl/N-ethyl adjacent to an activating group) is 1. The highest BCUT2D eigenvalue weighted by molar-refractivity contribution is 7.98. The van der Waals surface area contributed by atoms with Crippen LogP contribution in [0.2, 0.25) is 0 Å². The normalized spacial score (nSPS) is 18.2. The number of aryl methyl sites for hydroxylation is 1. The van der Waals surface area contributed by atoms with E-state index in [1.807, 2.05) is 38.4 Å². The molecule has 1 aliphatic heterocycles. The average Bonchev–Trinajstić information content (AvgIpc) is 3.11. The summed E-state index contributed by atoms with van der Waals surface area (Å²) >= 11 is 1.68. The van der Waals surface area contributed by atoms with Crippen LogP contribution < -0.4 is 10.6 Å². The molecule has 5 nitrogen and oxygen atoms in total. The summed E-state index contributed by atoms with van der Waals surface area (Å²) in [4.78, 5) is 27.2. The third-order valence-corrected chi connectivity index (χ3v) is 5.07. The molecule has 0 bridgehead atoms. The van der Waals surface area contributed by atoms with Crippen molar-refractivity contribution >= 4 is 23.6 Å². The molecule has 0 aliphatic carbocycles. The fourth-order valence-electron chi connectivity index (χ4n) is 2.92. The van der Waals surface area contributed by atoms with Crippen LogP contribution in [-0.4, -0.2) is 60.9 Å². The van der Waals surface area contributed by atoms with Crippen molar-refractivity contribution in [3.05, 3.63) is 35.4 Å². The SMILES string of the molecule is CSCCC(NC(=O)c1cccc(C)c1)C(=O)N(C)C1CCNC1. The molecule has 1 aromatic rings. The first kappa shape index (κ1) is 18.8. The Balaban J connectivity index is 2.06. The number of hydrogen-bond acceptors (Lipinski definition) is 4. The Kier molecular flexibility index (Phi) is 7.12. The minimum absolute atomic E-state index is 0.00115. The molecule has 6 heteroatoms. The average molecular weight is 350 g/mol. The minimum atomic E-state index is -0.476. The summed E-state index contributed by atoms with van der Waals surface area (Å²) in [6.07, 6.45) is 3.61. The molecule has 0 spiro atoms. The standard InChI is InChI=1S/C18H27N3O2S/c1-13-5-4-6-14(11-13)17(22)20-16(8-10-24-3)18(23)21(2)15-7-9-19-12-15/h4-6,11,15-16,19H,7-10,12H2,1-3H3,(H,20,22). The molecule has 132 valence electrons. The van der Waals surface area contributed by atoms with Crippen LogP contribution in [0.1, 0.15) is 28.8 Å². The van der Waals surface area contributed by atoms with E-state index in [9.17, 15) is 9.59 Å². The Hall–Kier alpha value is -1.53. The molecule has 2 atom stereocenters. The van der Waals surface area contributed by atoms with E-state index in [1.54, 1.807) is 22.7 Å². The van der Waals surface area contributed by atoms with Gasteiger partial charge in [0.1, 0.15) is 6.04 Å². The molecule has 1 fully saturated rings. The van der Waals surface area contributed by atoms with Crippen molar-refractivity contribution in [3.8, 4) is 0 Å². The molecule has 1 aliphatic rings. The molecular weight excluding hydrogens is 322 g/mol. The summed E-state index contributed by atoms with van der Waals surface area (Å²) in [5, 5.41) is 6.21. The van der Waals surface area contributed by atoms with Crippen molar-refractivity contribution in [3.63, 3.8) is 0 Å². The summed E-state index contributed by atoms with van der Waals surface area (Å²) < 4.78 is 0. The Morgan fingerprint density at radius 1 is 1.46 bits per heavy atom. The second-order valence-corrected chi connectivity index (χ2v) is 7.26. The lowest BCUT2D eigenvalue weighted by Gasteiger charge is -2.29. The van der Waals surface area contributed by atoms with Crippen molar-refractivity contribution in [1.82, 2.24) is 15.5 Å². The number of nitrogens with zero attached hydrogens (tertiary/aromatic N) is 1. The molecule has 2 rings (SSSR count). The Labute approximate surface area is 148 Å². The lowest BCUT2D eigenvalue weighted by Crippen LogP contribution is -2.51. The van der Waals surface area contributed by atoms with Gasteiger partial charge in [0.15, 0.2) is 0 Å². The maximum atomic E-state index is 12.8. The van der Waals surface area contributed by atoms with E-state index in [0.717, 1.165) is 30.8 Å². The Morgan fingerprint density at radius 3 is 2.88 bits per heavy atom. The maximum Gasteiger partial charge on any atom is 0.251 e. The second-order valence-electron chi connectivity index (χ2n) is 6.27. The summed E-state index contributed by atoms with van der Waals surface area (Å²) in [5.74, 6) is 0.649. The highest BCUT2D eigenvalue weighted by atomic mass is 32.2. The van der Waals surface area contributed by atoms with Crippen LogP contribution in [-0.2, 0) is 4.79 Å². The molecule has 0 saturated carbocycles. The molecular formula is C18H27N3O2S. The first-order valence-corrected chi connectivity index (χ1v) is 9.76. The van der Waals surface area contributed by atoms with E-state index in [4.69, 9.17) is 0 Å². The van der Waals surface area contributed by atoms with Crippen molar-refractivity contribution in [1.29, 1.82) is 0 Å².